The van der Waals surface area contributed by atoms with E-state index in [1.165, 1.54) is 0 Å². The van der Waals surface area contributed by atoms with Crippen LogP contribution in [0.25, 0.3) is 0 Å². The highest BCUT2D eigenvalue weighted by Gasteiger charge is 2.45. The molecule has 76 valence electrons. The molecule has 1 fully saturated rings. The summed E-state index contributed by atoms with van der Waals surface area (Å²) in [6.07, 6.45) is 2.27. The van der Waals surface area contributed by atoms with E-state index in [2.05, 4.69) is 19.2 Å². The first-order chi connectivity index (χ1) is 5.99. The normalized spacial score (nSPS) is 33.1. The molecule has 3 heteroatoms. The first kappa shape index (κ1) is 10.5. The molecule has 0 aliphatic heterocycles. The quantitative estimate of drug-likeness (QED) is 0.697. The van der Waals surface area contributed by atoms with Crippen LogP contribution in [0.4, 0.5) is 0 Å². The van der Waals surface area contributed by atoms with Crippen LogP contribution in [0, 0.1) is 11.8 Å². The Kier molecular flexibility index (Phi) is 2.96. The van der Waals surface area contributed by atoms with E-state index in [-0.39, 0.29) is 12.0 Å². The van der Waals surface area contributed by atoms with Crippen LogP contribution in [0.5, 0.6) is 0 Å². The molecule has 0 saturated heterocycles. The second-order valence-electron chi connectivity index (χ2n) is 4.51. The third kappa shape index (κ3) is 2.21. The van der Waals surface area contributed by atoms with Gasteiger partial charge >= 0.3 is 5.97 Å². The number of carboxylic acids is 1. The molecule has 0 spiro atoms. The lowest BCUT2D eigenvalue weighted by Gasteiger charge is -2.49. The van der Waals surface area contributed by atoms with Gasteiger partial charge in [-0.2, -0.15) is 0 Å². The molecule has 1 aliphatic carbocycles. The highest BCUT2D eigenvalue weighted by Crippen LogP contribution is 2.43. The van der Waals surface area contributed by atoms with E-state index in [4.69, 9.17) is 5.11 Å². The summed E-state index contributed by atoms with van der Waals surface area (Å²) in [5.41, 5.74) is -0.110. The first-order valence-electron chi connectivity index (χ1n) is 4.90. The Balaban J connectivity index is 2.45. The zero-order chi connectivity index (χ0) is 10.1. The van der Waals surface area contributed by atoms with Gasteiger partial charge in [-0.1, -0.05) is 13.8 Å². The van der Waals surface area contributed by atoms with E-state index in [9.17, 15) is 4.79 Å². The van der Waals surface area contributed by atoms with Gasteiger partial charge in [-0.25, -0.2) is 0 Å². The minimum atomic E-state index is -0.698. The fourth-order valence-corrected chi connectivity index (χ4v) is 2.14. The van der Waals surface area contributed by atoms with Gasteiger partial charge in [0.15, 0.2) is 0 Å². The lowest BCUT2D eigenvalue weighted by atomic mass is 9.63. The van der Waals surface area contributed by atoms with Crippen LogP contribution in [-0.2, 0) is 4.79 Å². The molecule has 1 saturated carbocycles. The van der Waals surface area contributed by atoms with Crippen LogP contribution in [0.1, 0.15) is 33.1 Å². The first-order valence-corrected chi connectivity index (χ1v) is 4.90. The molecule has 0 amide bonds. The summed E-state index contributed by atoms with van der Waals surface area (Å²) in [4.78, 5) is 10.6. The smallest absolute Gasteiger partial charge is 0.305 e. The molecular formula is C10H19NO2. The van der Waals surface area contributed by atoms with Crippen LogP contribution in [0.3, 0.4) is 0 Å². The van der Waals surface area contributed by atoms with Gasteiger partial charge in [0.25, 0.3) is 0 Å². The van der Waals surface area contributed by atoms with Gasteiger partial charge in [0.05, 0.1) is 6.42 Å². The molecule has 0 atom stereocenters. The predicted octanol–water partition coefficient (Wildman–Crippen LogP) is 1.49. The third-order valence-corrected chi connectivity index (χ3v) is 3.27. The summed E-state index contributed by atoms with van der Waals surface area (Å²) < 4.78 is 0. The van der Waals surface area contributed by atoms with Gasteiger partial charge < -0.3 is 10.4 Å². The van der Waals surface area contributed by atoms with Crippen molar-refractivity contribution in [2.24, 2.45) is 11.8 Å². The molecule has 0 unspecified atom stereocenters. The van der Waals surface area contributed by atoms with Crippen molar-refractivity contribution in [1.82, 2.24) is 5.32 Å². The molecule has 0 radical (unpaired) electrons. The van der Waals surface area contributed by atoms with Crippen LogP contribution in [0.2, 0.25) is 0 Å². The van der Waals surface area contributed by atoms with Crippen molar-refractivity contribution in [3.8, 4) is 0 Å². The maximum atomic E-state index is 10.6. The fourth-order valence-electron chi connectivity index (χ4n) is 2.14. The topological polar surface area (TPSA) is 49.3 Å². The van der Waals surface area contributed by atoms with Crippen LogP contribution < -0.4 is 5.32 Å². The summed E-state index contributed by atoms with van der Waals surface area (Å²) in [5, 5.41) is 11.9. The van der Waals surface area contributed by atoms with E-state index in [0.717, 1.165) is 12.8 Å². The lowest BCUT2D eigenvalue weighted by Crippen LogP contribution is -2.56. The van der Waals surface area contributed by atoms with Crippen molar-refractivity contribution in [2.45, 2.75) is 38.6 Å². The SMILES string of the molecule is CNC1(CC(=O)O)CC(C(C)C)C1. The van der Waals surface area contributed by atoms with Gasteiger partial charge in [0.1, 0.15) is 0 Å². The lowest BCUT2D eigenvalue weighted by molar-refractivity contribution is -0.140. The predicted molar refractivity (Wildman–Crippen MR) is 51.6 cm³/mol. The summed E-state index contributed by atoms with van der Waals surface area (Å²) in [6, 6.07) is 0. The van der Waals surface area contributed by atoms with Gasteiger partial charge in [0, 0.05) is 5.54 Å². The average molecular weight is 185 g/mol. The number of aliphatic carboxylic acids is 1. The van der Waals surface area contributed by atoms with E-state index in [0.29, 0.717) is 11.8 Å². The standard InChI is InChI=1S/C10H19NO2/c1-7(2)8-4-10(5-8,11-3)6-9(12)13/h7-8,11H,4-6H2,1-3H3,(H,12,13). The molecule has 0 heterocycles. The Morgan fingerprint density at radius 3 is 2.46 bits per heavy atom. The maximum absolute atomic E-state index is 10.6. The molecule has 0 aromatic carbocycles. The summed E-state index contributed by atoms with van der Waals surface area (Å²) in [5.74, 6) is 0.679. The highest BCUT2D eigenvalue weighted by atomic mass is 16.4. The largest absolute Gasteiger partial charge is 0.481 e. The Bertz CT molecular complexity index is 195. The number of rotatable bonds is 4. The monoisotopic (exact) mass is 185 g/mol. The molecule has 0 bridgehead atoms. The zero-order valence-electron chi connectivity index (χ0n) is 8.63. The average Bonchev–Trinajstić information content (AvgIpc) is 1.94. The molecular weight excluding hydrogens is 166 g/mol. The zero-order valence-corrected chi connectivity index (χ0v) is 8.63. The third-order valence-electron chi connectivity index (χ3n) is 3.27. The molecule has 3 nitrogen and oxygen atoms in total. The molecule has 1 aliphatic rings. The van der Waals surface area contributed by atoms with Gasteiger partial charge in [0.2, 0.25) is 0 Å². The fraction of sp³-hybridized carbons (Fsp3) is 0.900. The van der Waals surface area contributed by atoms with Crippen molar-refractivity contribution < 1.29 is 9.90 Å². The molecule has 13 heavy (non-hydrogen) atoms. The second kappa shape index (κ2) is 3.66. The summed E-state index contributed by atoms with van der Waals surface area (Å²) in [7, 11) is 1.86. The minimum absolute atomic E-state index is 0.110. The molecule has 1 rings (SSSR count). The molecule has 0 aromatic heterocycles. The summed E-state index contributed by atoms with van der Waals surface area (Å²) in [6.45, 7) is 4.40. The van der Waals surface area contributed by atoms with E-state index < -0.39 is 5.97 Å². The van der Waals surface area contributed by atoms with Crippen molar-refractivity contribution in [1.29, 1.82) is 0 Å². The van der Waals surface area contributed by atoms with E-state index in [1.54, 1.807) is 0 Å². The molecule has 2 N–H and O–H groups in total. The Hall–Kier alpha value is -0.570. The van der Waals surface area contributed by atoms with E-state index >= 15 is 0 Å². The van der Waals surface area contributed by atoms with Crippen molar-refractivity contribution in [2.75, 3.05) is 7.05 Å². The Morgan fingerprint density at radius 1 is 1.62 bits per heavy atom. The van der Waals surface area contributed by atoms with E-state index in [1.807, 2.05) is 7.05 Å². The highest BCUT2D eigenvalue weighted by molar-refractivity contribution is 5.68. The van der Waals surface area contributed by atoms with Crippen molar-refractivity contribution >= 4 is 5.97 Å². The number of nitrogens with one attached hydrogen (secondary N) is 1. The number of carboxylic acid groups (broad SMARTS) is 1. The second-order valence-corrected chi connectivity index (χ2v) is 4.51. The Morgan fingerprint density at radius 2 is 2.15 bits per heavy atom. The Labute approximate surface area is 79.5 Å². The van der Waals surface area contributed by atoms with Crippen molar-refractivity contribution in [3.63, 3.8) is 0 Å². The molecule has 0 aromatic rings. The number of hydrogen-bond donors (Lipinski definition) is 2. The van der Waals surface area contributed by atoms with Gasteiger partial charge in [-0.3, -0.25) is 4.79 Å². The van der Waals surface area contributed by atoms with Crippen molar-refractivity contribution in [3.05, 3.63) is 0 Å². The number of hydrogen-bond acceptors (Lipinski definition) is 2. The maximum Gasteiger partial charge on any atom is 0.305 e. The van der Waals surface area contributed by atoms with Crippen LogP contribution in [-0.4, -0.2) is 23.7 Å². The van der Waals surface area contributed by atoms with Crippen LogP contribution in [0.15, 0.2) is 0 Å². The number of carbonyl (C=O) groups is 1. The van der Waals surface area contributed by atoms with Gasteiger partial charge in [-0.15, -0.1) is 0 Å². The van der Waals surface area contributed by atoms with Gasteiger partial charge in [-0.05, 0) is 31.7 Å². The van der Waals surface area contributed by atoms with Crippen LogP contribution >= 0.6 is 0 Å². The summed E-state index contributed by atoms with van der Waals surface area (Å²) >= 11 is 0. The minimum Gasteiger partial charge on any atom is -0.481 e.